The molecule has 0 aromatic heterocycles. The van der Waals surface area contributed by atoms with Crippen molar-refractivity contribution in [3.05, 3.63) is 18.2 Å². The van der Waals surface area contributed by atoms with E-state index in [1.807, 2.05) is 11.8 Å². The van der Waals surface area contributed by atoms with E-state index in [1.165, 1.54) is 6.07 Å². The van der Waals surface area contributed by atoms with E-state index in [-0.39, 0.29) is 4.90 Å². The molecule has 0 spiro atoms. The summed E-state index contributed by atoms with van der Waals surface area (Å²) < 4.78 is 22.9. The highest BCUT2D eigenvalue weighted by atomic mass is 32.2. The summed E-state index contributed by atoms with van der Waals surface area (Å²) in [4.78, 5) is 2.26. The predicted octanol–water partition coefficient (Wildman–Crippen LogP) is 1.25. The first-order valence-corrected chi connectivity index (χ1v) is 8.71. The molecule has 0 radical (unpaired) electrons. The number of hydrogen-bond acceptors (Lipinski definition) is 5. The second-order valence-electron chi connectivity index (χ2n) is 4.78. The van der Waals surface area contributed by atoms with E-state index in [2.05, 4.69) is 18.7 Å². The summed E-state index contributed by atoms with van der Waals surface area (Å²) >= 11 is 1.91. The molecule has 0 aliphatic carbocycles. The summed E-state index contributed by atoms with van der Waals surface area (Å²) in [5, 5.41) is 5.65. The molecule has 5 nitrogen and oxygen atoms in total. The molecule has 19 heavy (non-hydrogen) atoms. The molecule has 1 saturated heterocycles. The van der Waals surface area contributed by atoms with Crippen molar-refractivity contribution in [1.29, 1.82) is 0 Å². The van der Waals surface area contributed by atoms with Crippen molar-refractivity contribution in [3.63, 3.8) is 0 Å². The third kappa shape index (κ3) is 2.98. The maximum atomic E-state index is 11.4. The van der Waals surface area contributed by atoms with Gasteiger partial charge >= 0.3 is 0 Å². The van der Waals surface area contributed by atoms with E-state index < -0.39 is 10.0 Å². The molecule has 106 valence electrons. The Balaban J connectivity index is 2.44. The maximum absolute atomic E-state index is 11.4. The quantitative estimate of drug-likeness (QED) is 0.802. The maximum Gasteiger partial charge on any atom is 0.238 e. The van der Waals surface area contributed by atoms with E-state index in [0.717, 1.165) is 18.0 Å². The summed E-state index contributed by atoms with van der Waals surface area (Å²) in [6.45, 7) is 5.15. The smallest absolute Gasteiger partial charge is 0.238 e. The Labute approximate surface area is 118 Å². The number of sulfonamides is 1. The van der Waals surface area contributed by atoms with Gasteiger partial charge in [0.1, 0.15) is 0 Å². The highest BCUT2D eigenvalue weighted by Gasteiger charge is 2.27. The number of hydrogen-bond donors (Lipinski definition) is 2. The van der Waals surface area contributed by atoms with Crippen LogP contribution in [0.1, 0.15) is 13.8 Å². The van der Waals surface area contributed by atoms with Gasteiger partial charge in [-0.3, -0.25) is 0 Å². The van der Waals surface area contributed by atoms with Crippen LogP contribution >= 0.6 is 11.8 Å². The Morgan fingerprint density at radius 1 is 1.37 bits per heavy atom. The van der Waals surface area contributed by atoms with E-state index in [1.54, 1.807) is 12.1 Å². The summed E-state index contributed by atoms with van der Waals surface area (Å²) in [7, 11) is -3.70. The van der Waals surface area contributed by atoms with Crippen LogP contribution in [-0.2, 0) is 10.0 Å². The summed E-state index contributed by atoms with van der Waals surface area (Å²) in [5.41, 5.74) is 7.32. The zero-order valence-electron chi connectivity index (χ0n) is 11.0. The second kappa shape index (κ2) is 5.22. The fourth-order valence-electron chi connectivity index (χ4n) is 2.22. The summed E-state index contributed by atoms with van der Waals surface area (Å²) in [6.07, 6.45) is 0. The average Bonchev–Trinajstić information content (AvgIpc) is 2.32. The van der Waals surface area contributed by atoms with Gasteiger partial charge in [-0.1, -0.05) is 6.92 Å². The zero-order valence-corrected chi connectivity index (χ0v) is 12.7. The Morgan fingerprint density at radius 3 is 2.68 bits per heavy atom. The first kappa shape index (κ1) is 14.5. The van der Waals surface area contributed by atoms with E-state index in [9.17, 15) is 8.42 Å². The molecule has 1 aromatic carbocycles. The van der Waals surface area contributed by atoms with Crippen LogP contribution in [0.4, 0.5) is 11.4 Å². The molecule has 1 aliphatic heterocycles. The molecular weight excluding hydrogens is 282 g/mol. The number of nitrogens with two attached hydrogens (primary N) is 2. The van der Waals surface area contributed by atoms with Gasteiger partial charge in [0.05, 0.1) is 16.3 Å². The molecule has 1 fully saturated rings. The lowest BCUT2D eigenvalue weighted by molar-refractivity contribution is 0.597. The molecule has 4 N–H and O–H groups in total. The molecule has 2 atom stereocenters. The van der Waals surface area contributed by atoms with Crippen LogP contribution in [0.25, 0.3) is 0 Å². The van der Waals surface area contributed by atoms with Crippen LogP contribution in [0, 0.1) is 0 Å². The molecule has 0 bridgehead atoms. The number of anilines is 2. The van der Waals surface area contributed by atoms with Crippen LogP contribution in [0.15, 0.2) is 23.1 Å². The number of nitrogen functional groups attached to an aromatic ring is 1. The molecule has 2 unspecified atom stereocenters. The second-order valence-corrected chi connectivity index (χ2v) is 7.82. The molecule has 1 heterocycles. The van der Waals surface area contributed by atoms with Crippen molar-refractivity contribution < 1.29 is 8.42 Å². The van der Waals surface area contributed by atoms with Crippen LogP contribution < -0.4 is 15.8 Å². The van der Waals surface area contributed by atoms with Crippen LogP contribution in [0.5, 0.6) is 0 Å². The topological polar surface area (TPSA) is 89.4 Å². The summed E-state index contributed by atoms with van der Waals surface area (Å²) in [5.74, 6) is 1.00. The molecule has 0 saturated carbocycles. The van der Waals surface area contributed by atoms with Crippen molar-refractivity contribution >= 4 is 33.2 Å². The van der Waals surface area contributed by atoms with Crippen molar-refractivity contribution in [2.75, 3.05) is 22.9 Å². The molecule has 1 aromatic rings. The monoisotopic (exact) mass is 301 g/mol. The van der Waals surface area contributed by atoms with Gasteiger partial charge in [-0.05, 0) is 25.1 Å². The fraction of sp³-hybridized carbons (Fsp3) is 0.500. The van der Waals surface area contributed by atoms with Gasteiger partial charge < -0.3 is 10.6 Å². The van der Waals surface area contributed by atoms with Gasteiger partial charge in [0.25, 0.3) is 0 Å². The third-order valence-electron chi connectivity index (χ3n) is 3.52. The van der Waals surface area contributed by atoms with Gasteiger partial charge in [0.15, 0.2) is 0 Å². The fourth-order valence-corrected chi connectivity index (χ4v) is 3.86. The van der Waals surface area contributed by atoms with Gasteiger partial charge in [-0.25, -0.2) is 13.6 Å². The lowest BCUT2D eigenvalue weighted by Crippen LogP contribution is -2.45. The Morgan fingerprint density at radius 2 is 2.05 bits per heavy atom. The largest absolute Gasteiger partial charge is 0.397 e. The molecule has 7 heteroatoms. The number of nitrogens with zero attached hydrogens (tertiary/aromatic N) is 1. The predicted molar refractivity (Wildman–Crippen MR) is 81.0 cm³/mol. The Hall–Kier alpha value is -0.920. The molecule has 2 rings (SSSR count). The zero-order chi connectivity index (χ0) is 14.2. The molecule has 0 amide bonds. The summed E-state index contributed by atoms with van der Waals surface area (Å²) in [6, 6.07) is 4.93. The van der Waals surface area contributed by atoms with Crippen LogP contribution in [0.2, 0.25) is 0 Å². The van der Waals surface area contributed by atoms with Crippen molar-refractivity contribution in [2.24, 2.45) is 5.14 Å². The normalized spacial score (nSPS) is 24.5. The number of benzene rings is 1. The number of rotatable bonds is 2. The molecule has 1 aliphatic rings. The van der Waals surface area contributed by atoms with E-state index in [4.69, 9.17) is 10.9 Å². The van der Waals surface area contributed by atoms with Crippen LogP contribution in [0.3, 0.4) is 0 Å². The first-order valence-electron chi connectivity index (χ1n) is 6.11. The minimum Gasteiger partial charge on any atom is -0.397 e. The van der Waals surface area contributed by atoms with Crippen molar-refractivity contribution in [2.45, 2.75) is 30.0 Å². The minimum atomic E-state index is -3.70. The minimum absolute atomic E-state index is 0.106. The van der Waals surface area contributed by atoms with E-state index >= 15 is 0 Å². The van der Waals surface area contributed by atoms with Crippen LogP contribution in [-0.4, -0.2) is 32.0 Å². The van der Waals surface area contributed by atoms with Gasteiger partial charge in [0, 0.05) is 23.6 Å². The highest BCUT2D eigenvalue weighted by molar-refractivity contribution is 8.00. The lowest BCUT2D eigenvalue weighted by Gasteiger charge is -2.39. The standard InChI is InChI=1S/C12H19N3O2S2/c1-8-9(2)18-6-5-15(8)12-7-10(19(14,16)17)3-4-11(12)13/h3-4,7-9H,5-6,13H2,1-2H3,(H2,14,16,17). The SMILES string of the molecule is CC1SCCN(c2cc(S(N)(=O)=O)ccc2N)C1C. The van der Waals surface area contributed by atoms with Gasteiger partial charge in [-0.15, -0.1) is 0 Å². The van der Waals surface area contributed by atoms with Gasteiger partial charge in [0.2, 0.25) is 10.0 Å². The number of primary sulfonamides is 1. The Bertz CT molecular complexity index is 574. The van der Waals surface area contributed by atoms with Crippen molar-refractivity contribution in [3.8, 4) is 0 Å². The Kier molecular flexibility index (Phi) is 3.98. The van der Waals surface area contributed by atoms with Gasteiger partial charge in [-0.2, -0.15) is 11.8 Å². The lowest BCUT2D eigenvalue weighted by atomic mass is 10.1. The first-order chi connectivity index (χ1) is 8.80. The molecular formula is C12H19N3O2S2. The average molecular weight is 301 g/mol. The third-order valence-corrected chi connectivity index (χ3v) is 5.77. The number of thioether (sulfide) groups is 1. The van der Waals surface area contributed by atoms with E-state index in [0.29, 0.717) is 17.0 Å². The highest BCUT2D eigenvalue weighted by Crippen LogP contribution is 2.33. The van der Waals surface area contributed by atoms with Crippen molar-refractivity contribution in [1.82, 2.24) is 0 Å².